The van der Waals surface area contributed by atoms with E-state index in [9.17, 15) is 0 Å². The maximum absolute atomic E-state index is 2.24. The Hall–Kier alpha value is -1.64. The fourth-order valence-corrected chi connectivity index (χ4v) is 5.05. The van der Waals surface area contributed by atoms with Gasteiger partial charge in [-0.1, -0.05) is 91.0 Å². The van der Waals surface area contributed by atoms with Crippen molar-refractivity contribution < 1.29 is 0 Å². The van der Waals surface area contributed by atoms with E-state index in [-0.39, 0.29) is 0 Å². The lowest BCUT2D eigenvalue weighted by atomic mass is 10.2. The molecule has 0 aliphatic rings. The first-order chi connectivity index (χ1) is 11.9. The molecule has 0 fully saturated rings. The van der Waals surface area contributed by atoms with E-state index in [4.69, 9.17) is 0 Å². The molecule has 0 N–H and O–H groups in total. The van der Waals surface area contributed by atoms with E-state index in [2.05, 4.69) is 115 Å². The Kier molecular flexibility index (Phi) is 6.88. The number of benzene rings is 3. The van der Waals surface area contributed by atoms with Crippen LogP contribution in [0.25, 0.3) is 0 Å². The van der Waals surface area contributed by atoms with Crippen molar-refractivity contribution in [1.82, 2.24) is 0 Å². The number of hydrogen-bond donors (Lipinski definition) is 0. The van der Waals surface area contributed by atoms with E-state index in [1.807, 2.05) is 0 Å². The van der Waals surface area contributed by atoms with Crippen LogP contribution in [0.3, 0.4) is 0 Å². The summed E-state index contributed by atoms with van der Waals surface area (Å²) in [5, 5.41) is 0. The summed E-state index contributed by atoms with van der Waals surface area (Å²) in [5.41, 5.74) is 4.23. The second kappa shape index (κ2) is 9.61. The second-order valence-electron chi connectivity index (χ2n) is 5.71. The molecule has 0 bridgehead atoms. The second-order valence-corrected chi connectivity index (χ2v) is 8.39. The van der Waals surface area contributed by atoms with Crippen LogP contribution in [0.2, 0.25) is 0 Å². The van der Waals surface area contributed by atoms with Crippen LogP contribution in [-0.4, -0.2) is 4.58 Å². The summed E-state index contributed by atoms with van der Waals surface area (Å²) in [7, 11) is 0. The molecule has 0 radical (unpaired) electrons. The average Bonchev–Trinajstić information content (AvgIpc) is 2.66. The van der Waals surface area contributed by atoms with Gasteiger partial charge in [0.2, 0.25) is 0 Å². The van der Waals surface area contributed by atoms with Crippen molar-refractivity contribution in [3.63, 3.8) is 0 Å². The molecule has 0 aromatic heterocycles. The van der Waals surface area contributed by atoms with Gasteiger partial charge in [-0.15, -0.1) is 23.5 Å². The van der Waals surface area contributed by atoms with Crippen LogP contribution in [0.4, 0.5) is 0 Å². The van der Waals surface area contributed by atoms with Crippen molar-refractivity contribution in [2.75, 3.05) is 0 Å². The molecular weight excluding hydrogens is 328 g/mol. The molecule has 3 aromatic rings. The Morgan fingerprint density at radius 3 is 1.29 bits per heavy atom. The highest BCUT2D eigenvalue weighted by molar-refractivity contribution is 8.16. The first-order valence-electron chi connectivity index (χ1n) is 8.25. The number of thioether (sulfide) groups is 2. The van der Waals surface area contributed by atoms with Crippen LogP contribution < -0.4 is 0 Å². The lowest BCUT2D eigenvalue weighted by Gasteiger charge is -2.17. The molecule has 0 saturated heterocycles. The van der Waals surface area contributed by atoms with Crippen molar-refractivity contribution >= 4 is 23.5 Å². The zero-order valence-corrected chi connectivity index (χ0v) is 15.3. The van der Waals surface area contributed by atoms with E-state index in [0.717, 1.165) is 17.9 Å². The van der Waals surface area contributed by atoms with Crippen LogP contribution in [0.5, 0.6) is 0 Å². The largest absolute Gasteiger partial charge is 0.142 e. The van der Waals surface area contributed by atoms with Crippen molar-refractivity contribution in [3.05, 3.63) is 108 Å². The molecule has 3 rings (SSSR count). The van der Waals surface area contributed by atoms with E-state index >= 15 is 0 Å². The van der Waals surface area contributed by atoms with Gasteiger partial charge in [0, 0.05) is 11.5 Å². The molecule has 24 heavy (non-hydrogen) atoms. The van der Waals surface area contributed by atoms with Gasteiger partial charge in [-0.25, -0.2) is 0 Å². The molecular formula is C22H22S2. The van der Waals surface area contributed by atoms with E-state index in [0.29, 0.717) is 4.58 Å². The fraction of sp³-hybridized carbons (Fsp3) is 0.182. The molecule has 0 amide bonds. The van der Waals surface area contributed by atoms with E-state index < -0.39 is 0 Å². The maximum atomic E-state index is 2.24. The first kappa shape index (κ1) is 17.2. The normalized spacial score (nSPS) is 10.9. The third-order valence-corrected chi connectivity index (χ3v) is 6.70. The summed E-state index contributed by atoms with van der Waals surface area (Å²) in [5.74, 6) is 2.14. The van der Waals surface area contributed by atoms with Gasteiger partial charge in [-0.2, -0.15) is 0 Å². The van der Waals surface area contributed by atoms with Crippen LogP contribution in [0, 0.1) is 0 Å². The monoisotopic (exact) mass is 350 g/mol. The standard InChI is InChI=1S/C22H22S2/c1-4-10-19(11-5-1)16-22(23-17-20-12-6-2-7-13-20)24-18-21-14-8-3-9-15-21/h1-15,22H,16-18H2. The molecule has 0 aliphatic heterocycles. The quantitative estimate of drug-likeness (QED) is 0.430. The Labute approximate surface area is 153 Å². The summed E-state index contributed by atoms with van der Waals surface area (Å²) in [6.07, 6.45) is 1.11. The maximum Gasteiger partial charge on any atom is 0.0549 e. The highest BCUT2D eigenvalue weighted by Gasteiger charge is 2.11. The van der Waals surface area contributed by atoms with Crippen LogP contribution in [-0.2, 0) is 17.9 Å². The van der Waals surface area contributed by atoms with Gasteiger partial charge in [-0.3, -0.25) is 0 Å². The molecule has 122 valence electrons. The van der Waals surface area contributed by atoms with Gasteiger partial charge in [0.25, 0.3) is 0 Å². The van der Waals surface area contributed by atoms with Crippen molar-refractivity contribution in [1.29, 1.82) is 0 Å². The lowest BCUT2D eigenvalue weighted by Crippen LogP contribution is -2.04. The average molecular weight is 351 g/mol. The minimum atomic E-state index is 0.563. The van der Waals surface area contributed by atoms with Crippen LogP contribution in [0.1, 0.15) is 16.7 Å². The summed E-state index contributed by atoms with van der Waals surface area (Å²) in [4.78, 5) is 0. The Morgan fingerprint density at radius 1 is 0.500 bits per heavy atom. The fourth-order valence-electron chi connectivity index (χ4n) is 2.50. The highest BCUT2D eigenvalue weighted by atomic mass is 32.2. The van der Waals surface area contributed by atoms with Gasteiger partial charge in [0.05, 0.1) is 4.58 Å². The summed E-state index contributed by atoms with van der Waals surface area (Å²) < 4.78 is 0.563. The van der Waals surface area contributed by atoms with Gasteiger partial charge in [0.1, 0.15) is 0 Å². The van der Waals surface area contributed by atoms with Crippen molar-refractivity contribution in [3.8, 4) is 0 Å². The molecule has 0 nitrogen and oxygen atoms in total. The molecule has 0 saturated carbocycles. The molecule has 0 atom stereocenters. The predicted molar refractivity (Wildman–Crippen MR) is 109 cm³/mol. The van der Waals surface area contributed by atoms with Gasteiger partial charge in [0.15, 0.2) is 0 Å². The zero-order valence-electron chi connectivity index (χ0n) is 13.7. The summed E-state index contributed by atoms with van der Waals surface area (Å²) in [6, 6.07) is 32.4. The number of rotatable bonds is 8. The third-order valence-electron chi connectivity index (χ3n) is 3.80. The molecule has 0 unspecified atom stereocenters. The lowest BCUT2D eigenvalue weighted by molar-refractivity contribution is 1.10. The smallest absolute Gasteiger partial charge is 0.0549 e. The third kappa shape index (κ3) is 5.77. The molecule has 0 aliphatic carbocycles. The molecule has 0 heterocycles. The zero-order chi connectivity index (χ0) is 16.5. The molecule has 2 heteroatoms. The summed E-state index contributed by atoms with van der Waals surface area (Å²) >= 11 is 4.10. The molecule has 0 spiro atoms. The minimum Gasteiger partial charge on any atom is -0.142 e. The first-order valence-corrected chi connectivity index (χ1v) is 10.3. The SMILES string of the molecule is c1ccc(CSC(Cc2ccccc2)SCc2ccccc2)cc1. The van der Waals surface area contributed by atoms with Gasteiger partial charge in [-0.05, 0) is 23.1 Å². The van der Waals surface area contributed by atoms with Gasteiger partial charge < -0.3 is 0 Å². The van der Waals surface area contributed by atoms with Gasteiger partial charge >= 0.3 is 0 Å². The highest BCUT2D eigenvalue weighted by Crippen LogP contribution is 2.32. The topological polar surface area (TPSA) is 0 Å². The van der Waals surface area contributed by atoms with E-state index in [1.165, 1.54) is 16.7 Å². The van der Waals surface area contributed by atoms with Crippen LogP contribution >= 0.6 is 23.5 Å². The Morgan fingerprint density at radius 2 is 0.875 bits per heavy atom. The number of hydrogen-bond acceptors (Lipinski definition) is 2. The Bertz CT molecular complexity index is 652. The Balaban J connectivity index is 1.61. The van der Waals surface area contributed by atoms with Crippen molar-refractivity contribution in [2.24, 2.45) is 0 Å². The minimum absolute atomic E-state index is 0.563. The van der Waals surface area contributed by atoms with Crippen molar-refractivity contribution in [2.45, 2.75) is 22.5 Å². The van der Waals surface area contributed by atoms with Crippen LogP contribution in [0.15, 0.2) is 91.0 Å². The predicted octanol–water partition coefficient (Wildman–Crippen LogP) is 6.42. The molecule has 3 aromatic carbocycles. The summed E-state index contributed by atoms with van der Waals surface area (Å²) in [6.45, 7) is 0. The van der Waals surface area contributed by atoms with E-state index in [1.54, 1.807) is 0 Å².